The Labute approximate surface area is 169 Å². The van der Waals surface area contributed by atoms with Gasteiger partial charge in [0.1, 0.15) is 5.76 Å². The van der Waals surface area contributed by atoms with Crippen molar-refractivity contribution in [2.45, 2.75) is 25.4 Å². The third kappa shape index (κ3) is 4.29. The number of carbonyl (C=O) groups excluding carboxylic acids is 1. The summed E-state index contributed by atoms with van der Waals surface area (Å²) in [5.41, 5.74) is 1.50. The van der Waals surface area contributed by atoms with Crippen molar-refractivity contribution in [1.29, 1.82) is 0 Å². The Morgan fingerprint density at radius 2 is 2.04 bits per heavy atom. The maximum absolute atomic E-state index is 12.6. The third-order valence-corrected chi connectivity index (χ3v) is 5.46. The van der Waals surface area contributed by atoms with Crippen LogP contribution in [0.4, 0.5) is 0 Å². The summed E-state index contributed by atoms with van der Waals surface area (Å²) in [6.07, 6.45) is 7.37. The van der Waals surface area contributed by atoms with Gasteiger partial charge in [0.25, 0.3) is 5.91 Å². The van der Waals surface area contributed by atoms with E-state index in [9.17, 15) is 4.79 Å². The summed E-state index contributed by atoms with van der Waals surface area (Å²) in [5.74, 6) is 0.748. The summed E-state index contributed by atoms with van der Waals surface area (Å²) < 4.78 is 7.33. The van der Waals surface area contributed by atoms with Crippen LogP contribution in [-0.4, -0.2) is 40.2 Å². The van der Waals surface area contributed by atoms with Gasteiger partial charge in [-0.25, -0.2) is 0 Å². The molecule has 2 aromatic heterocycles. The zero-order valence-corrected chi connectivity index (χ0v) is 16.3. The smallest absolute Gasteiger partial charge is 0.254 e. The quantitative estimate of drug-likeness (QED) is 0.658. The molecule has 0 saturated carbocycles. The van der Waals surface area contributed by atoms with Crippen molar-refractivity contribution in [1.82, 2.24) is 20.0 Å². The van der Waals surface area contributed by atoms with Gasteiger partial charge in [-0.1, -0.05) is 29.8 Å². The van der Waals surface area contributed by atoms with Crippen LogP contribution in [0.15, 0.2) is 59.5 Å². The van der Waals surface area contributed by atoms with E-state index >= 15 is 0 Å². The zero-order chi connectivity index (χ0) is 19.3. The van der Waals surface area contributed by atoms with E-state index in [1.807, 2.05) is 36.4 Å². The summed E-state index contributed by atoms with van der Waals surface area (Å²) in [6, 6.07) is 11.5. The number of nitrogens with one attached hydrogen (secondary N) is 1. The molecule has 28 heavy (non-hydrogen) atoms. The molecule has 6 nitrogen and oxygen atoms in total. The van der Waals surface area contributed by atoms with Crippen LogP contribution < -0.4 is 5.32 Å². The number of aromatic nitrogens is 2. The number of likely N-dealkylation sites (tertiary alicyclic amines) is 1. The Kier molecular flexibility index (Phi) is 5.78. The van der Waals surface area contributed by atoms with Crippen LogP contribution in [0.5, 0.6) is 0 Å². The number of carbonyl (C=O) groups is 1. The van der Waals surface area contributed by atoms with Crippen molar-refractivity contribution in [3.63, 3.8) is 0 Å². The zero-order valence-electron chi connectivity index (χ0n) is 15.6. The predicted octanol–water partition coefficient (Wildman–Crippen LogP) is 3.74. The lowest BCUT2D eigenvalue weighted by atomic mass is 10.2. The average Bonchev–Trinajstić information content (AvgIpc) is 3.47. The minimum atomic E-state index is -0.138. The Hall–Kier alpha value is -2.57. The van der Waals surface area contributed by atoms with E-state index < -0.39 is 0 Å². The van der Waals surface area contributed by atoms with Crippen molar-refractivity contribution >= 4 is 17.5 Å². The SMILES string of the molecule is O=C(NCC(c1ccco1)N1CCCC1)c1cnn(Cc2ccccc2Cl)c1. The second-order valence-electron chi connectivity index (χ2n) is 7.00. The number of amides is 1. The summed E-state index contributed by atoms with van der Waals surface area (Å²) in [5, 5.41) is 8.02. The molecule has 0 spiro atoms. The normalized spacial score (nSPS) is 15.6. The molecule has 1 saturated heterocycles. The van der Waals surface area contributed by atoms with E-state index in [2.05, 4.69) is 15.3 Å². The van der Waals surface area contributed by atoms with Crippen LogP contribution in [-0.2, 0) is 6.54 Å². The molecule has 0 bridgehead atoms. The van der Waals surface area contributed by atoms with Gasteiger partial charge in [0.15, 0.2) is 0 Å². The summed E-state index contributed by atoms with van der Waals surface area (Å²) in [6.45, 7) is 3.08. The van der Waals surface area contributed by atoms with Gasteiger partial charge in [-0.2, -0.15) is 5.10 Å². The molecule has 146 valence electrons. The van der Waals surface area contributed by atoms with Gasteiger partial charge in [0, 0.05) is 17.8 Å². The van der Waals surface area contributed by atoms with Crippen molar-refractivity contribution in [2.24, 2.45) is 0 Å². The highest BCUT2D eigenvalue weighted by Gasteiger charge is 2.26. The lowest BCUT2D eigenvalue weighted by Gasteiger charge is -2.25. The Balaban J connectivity index is 1.39. The van der Waals surface area contributed by atoms with Crippen molar-refractivity contribution in [3.05, 3.63) is 77.0 Å². The Morgan fingerprint density at radius 3 is 2.79 bits per heavy atom. The highest BCUT2D eigenvalue weighted by molar-refractivity contribution is 6.31. The number of benzene rings is 1. The number of rotatable bonds is 7. The fourth-order valence-corrected chi connectivity index (χ4v) is 3.80. The predicted molar refractivity (Wildman–Crippen MR) is 107 cm³/mol. The number of nitrogens with zero attached hydrogens (tertiary/aromatic N) is 3. The van der Waals surface area contributed by atoms with Crippen molar-refractivity contribution in [3.8, 4) is 0 Å². The lowest BCUT2D eigenvalue weighted by molar-refractivity contribution is 0.0933. The first-order valence-electron chi connectivity index (χ1n) is 9.52. The summed E-state index contributed by atoms with van der Waals surface area (Å²) in [4.78, 5) is 15.0. The van der Waals surface area contributed by atoms with E-state index in [0.29, 0.717) is 23.7 Å². The number of furan rings is 1. The van der Waals surface area contributed by atoms with Gasteiger partial charge in [-0.15, -0.1) is 0 Å². The molecule has 1 amide bonds. The molecule has 1 atom stereocenters. The minimum Gasteiger partial charge on any atom is -0.468 e. The largest absolute Gasteiger partial charge is 0.468 e. The molecule has 1 fully saturated rings. The van der Waals surface area contributed by atoms with E-state index in [-0.39, 0.29) is 11.9 Å². The molecule has 7 heteroatoms. The molecule has 0 radical (unpaired) electrons. The van der Waals surface area contributed by atoms with Crippen LogP contribution in [0.2, 0.25) is 5.02 Å². The van der Waals surface area contributed by atoms with Gasteiger partial charge in [0.2, 0.25) is 0 Å². The van der Waals surface area contributed by atoms with Gasteiger partial charge >= 0.3 is 0 Å². The Bertz CT molecular complexity index is 916. The fraction of sp³-hybridized carbons (Fsp3) is 0.333. The Morgan fingerprint density at radius 1 is 1.21 bits per heavy atom. The first-order valence-corrected chi connectivity index (χ1v) is 9.90. The van der Waals surface area contributed by atoms with Crippen molar-refractivity contribution in [2.75, 3.05) is 19.6 Å². The monoisotopic (exact) mass is 398 g/mol. The maximum Gasteiger partial charge on any atom is 0.254 e. The van der Waals surface area contributed by atoms with Gasteiger partial charge in [-0.3, -0.25) is 14.4 Å². The molecule has 1 aromatic carbocycles. The maximum atomic E-state index is 12.6. The van der Waals surface area contributed by atoms with Crippen LogP contribution >= 0.6 is 11.6 Å². The van der Waals surface area contributed by atoms with Crippen LogP contribution in [0.3, 0.4) is 0 Å². The number of hydrogen-bond acceptors (Lipinski definition) is 4. The lowest BCUT2D eigenvalue weighted by Crippen LogP contribution is -2.36. The molecule has 1 N–H and O–H groups in total. The molecule has 1 aliphatic heterocycles. The van der Waals surface area contributed by atoms with Gasteiger partial charge < -0.3 is 9.73 Å². The second kappa shape index (κ2) is 8.63. The third-order valence-electron chi connectivity index (χ3n) is 5.09. The molecule has 3 heterocycles. The van der Waals surface area contributed by atoms with E-state index in [4.69, 9.17) is 16.0 Å². The topological polar surface area (TPSA) is 63.3 Å². The molecular weight excluding hydrogens is 376 g/mol. The molecular formula is C21H23ClN4O2. The molecule has 0 aliphatic carbocycles. The molecule has 1 aliphatic rings. The first-order chi connectivity index (χ1) is 13.7. The standard InChI is InChI=1S/C21H23ClN4O2/c22-18-7-2-1-6-16(18)14-26-15-17(12-24-26)21(27)23-13-19(20-8-5-11-28-20)25-9-3-4-10-25/h1-2,5-8,11-12,15,19H,3-4,9-10,13-14H2,(H,23,27). The van der Waals surface area contributed by atoms with E-state index in [1.165, 1.54) is 12.8 Å². The van der Waals surface area contributed by atoms with Crippen LogP contribution in [0.25, 0.3) is 0 Å². The highest BCUT2D eigenvalue weighted by Crippen LogP contribution is 2.25. The number of hydrogen-bond donors (Lipinski definition) is 1. The molecule has 4 rings (SSSR count). The molecule has 3 aromatic rings. The number of halogens is 1. The first kappa shape index (κ1) is 18.8. The summed E-state index contributed by atoms with van der Waals surface area (Å²) in [7, 11) is 0. The molecule has 1 unspecified atom stereocenters. The highest BCUT2D eigenvalue weighted by atomic mass is 35.5. The second-order valence-corrected chi connectivity index (χ2v) is 7.41. The van der Waals surface area contributed by atoms with Crippen LogP contribution in [0.1, 0.15) is 40.6 Å². The van der Waals surface area contributed by atoms with Gasteiger partial charge in [0.05, 0.1) is 30.6 Å². The summed E-state index contributed by atoms with van der Waals surface area (Å²) >= 11 is 6.21. The average molecular weight is 399 g/mol. The van der Waals surface area contributed by atoms with E-state index in [0.717, 1.165) is 24.4 Å². The fourth-order valence-electron chi connectivity index (χ4n) is 3.60. The van der Waals surface area contributed by atoms with Gasteiger partial charge in [-0.05, 0) is 49.7 Å². The van der Waals surface area contributed by atoms with E-state index in [1.54, 1.807) is 23.3 Å². The van der Waals surface area contributed by atoms with Crippen molar-refractivity contribution < 1.29 is 9.21 Å². The minimum absolute atomic E-state index is 0.0552. The van der Waals surface area contributed by atoms with Crippen LogP contribution in [0, 0.1) is 0 Å².